The lowest BCUT2D eigenvalue weighted by atomic mass is 9.82. The monoisotopic (exact) mass is 288 g/mol. The standard InChI is InChI=1S/C16H20N2OS/c1-16(11-17)6-8-18(9-7-16)15(19)14-10-12-4-2-3-5-13(12)20-14/h10H,2-9H2,1H3. The number of carbonyl (C=O) groups excluding carboxylic acids is 1. The Morgan fingerprint density at radius 1 is 1.35 bits per heavy atom. The fourth-order valence-electron chi connectivity index (χ4n) is 3.07. The quantitative estimate of drug-likeness (QED) is 0.795. The van der Waals surface area contributed by atoms with Gasteiger partial charge < -0.3 is 4.90 Å². The second-order valence-corrected chi connectivity index (χ2v) is 7.37. The highest BCUT2D eigenvalue weighted by molar-refractivity contribution is 7.14. The van der Waals surface area contributed by atoms with Crippen molar-refractivity contribution in [1.82, 2.24) is 4.90 Å². The number of thiophene rings is 1. The molecule has 0 atom stereocenters. The molecule has 1 aromatic heterocycles. The van der Waals surface area contributed by atoms with Gasteiger partial charge >= 0.3 is 0 Å². The molecule has 1 fully saturated rings. The van der Waals surface area contributed by atoms with Gasteiger partial charge in [0.2, 0.25) is 0 Å². The van der Waals surface area contributed by atoms with Gasteiger partial charge in [-0.05, 0) is 57.1 Å². The van der Waals surface area contributed by atoms with E-state index >= 15 is 0 Å². The lowest BCUT2D eigenvalue weighted by molar-refractivity contribution is 0.0666. The Morgan fingerprint density at radius 2 is 2.05 bits per heavy atom. The molecule has 0 N–H and O–H groups in total. The van der Waals surface area contributed by atoms with Gasteiger partial charge in [-0.25, -0.2) is 0 Å². The number of carbonyl (C=O) groups is 1. The molecule has 0 spiro atoms. The van der Waals surface area contributed by atoms with Crippen molar-refractivity contribution in [3.05, 3.63) is 21.4 Å². The molecule has 0 aromatic carbocycles. The average molecular weight is 288 g/mol. The van der Waals surface area contributed by atoms with Crippen LogP contribution in [0.4, 0.5) is 0 Å². The minimum absolute atomic E-state index is 0.171. The third-order valence-electron chi connectivity index (χ3n) is 4.63. The number of amides is 1. The first-order valence-electron chi connectivity index (χ1n) is 7.43. The summed E-state index contributed by atoms with van der Waals surface area (Å²) in [7, 11) is 0. The van der Waals surface area contributed by atoms with Crippen LogP contribution in [-0.2, 0) is 12.8 Å². The van der Waals surface area contributed by atoms with E-state index in [9.17, 15) is 4.79 Å². The Morgan fingerprint density at radius 3 is 2.70 bits per heavy atom. The molecule has 106 valence electrons. The van der Waals surface area contributed by atoms with Gasteiger partial charge in [0.1, 0.15) is 0 Å². The van der Waals surface area contributed by atoms with Crippen molar-refractivity contribution < 1.29 is 4.79 Å². The van der Waals surface area contributed by atoms with Crippen molar-refractivity contribution in [1.29, 1.82) is 5.26 Å². The number of fused-ring (bicyclic) bond motifs is 1. The van der Waals surface area contributed by atoms with Crippen molar-refractivity contribution in [3.8, 4) is 6.07 Å². The van der Waals surface area contributed by atoms with Crippen LogP contribution in [0.2, 0.25) is 0 Å². The van der Waals surface area contributed by atoms with Gasteiger partial charge in [0.05, 0.1) is 16.4 Å². The Balaban J connectivity index is 1.71. The number of piperidine rings is 1. The molecule has 0 radical (unpaired) electrons. The second kappa shape index (κ2) is 5.21. The molecule has 2 aliphatic rings. The van der Waals surface area contributed by atoms with Gasteiger partial charge in [0, 0.05) is 18.0 Å². The predicted octanol–water partition coefficient (Wildman–Crippen LogP) is 3.39. The van der Waals surface area contributed by atoms with Crippen LogP contribution in [0.15, 0.2) is 6.07 Å². The third-order valence-corrected chi connectivity index (χ3v) is 5.86. The maximum Gasteiger partial charge on any atom is 0.263 e. The number of hydrogen-bond acceptors (Lipinski definition) is 3. The van der Waals surface area contributed by atoms with Crippen molar-refractivity contribution >= 4 is 17.2 Å². The number of nitriles is 1. The van der Waals surface area contributed by atoms with Crippen molar-refractivity contribution in [2.24, 2.45) is 5.41 Å². The average Bonchev–Trinajstić information content (AvgIpc) is 2.91. The largest absolute Gasteiger partial charge is 0.338 e. The van der Waals surface area contributed by atoms with E-state index in [4.69, 9.17) is 5.26 Å². The van der Waals surface area contributed by atoms with Crippen LogP contribution < -0.4 is 0 Å². The van der Waals surface area contributed by atoms with Gasteiger partial charge in [0.25, 0.3) is 5.91 Å². The van der Waals surface area contributed by atoms with Crippen LogP contribution in [-0.4, -0.2) is 23.9 Å². The second-order valence-electron chi connectivity index (χ2n) is 6.23. The summed E-state index contributed by atoms with van der Waals surface area (Å²) in [5.74, 6) is 0.171. The fraction of sp³-hybridized carbons (Fsp3) is 0.625. The Labute approximate surface area is 124 Å². The van der Waals surface area contributed by atoms with E-state index in [1.807, 2.05) is 11.8 Å². The zero-order valence-corrected chi connectivity index (χ0v) is 12.8. The fourth-order valence-corrected chi connectivity index (χ4v) is 4.29. The van der Waals surface area contributed by atoms with Gasteiger partial charge in [0.15, 0.2) is 0 Å². The first kappa shape index (κ1) is 13.6. The summed E-state index contributed by atoms with van der Waals surface area (Å²) in [6.07, 6.45) is 6.36. The lowest BCUT2D eigenvalue weighted by Crippen LogP contribution is -2.41. The molecular formula is C16H20N2OS. The molecule has 1 amide bonds. The molecule has 0 saturated carbocycles. The SMILES string of the molecule is CC1(C#N)CCN(C(=O)c2cc3c(s2)CCCC3)CC1. The van der Waals surface area contributed by atoms with Crippen molar-refractivity contribution in [2.75, 3.05) is 13.1 Å². The third kappa shape index (κ3) is 2.47. The number of aryl methyl sites for hydroxylation is 2. The molecule has 4 heteroatoms. The minimum atomic E-state index is -0.245. The van der Waals surface area contributed by atoms with Crippen LogP contribution >= 0.6 is 11.3 Å². The number of likely N-dealkylation sites (tertiary alicyclic amines) is 1. The highest BCUT2D eigenvalue weighted by Crippen LogP contribution is 2.33. The Bertz CT molecular complexity index is 538. The summed E-state index contributed by atoms with van der Waals surface area (Å²) < 4.78 is 0. The summed E-state index contributed by atoms with van der Waals surface area (Å²) in [5.41, 5.74) is 1.15. The van der Waals surface area contributed by atoms with Crippen molar-refractivity contribution in [2.45, 2.75) is 45.4 Å². The first-order chi connectivity index (χ1) is 9.61. The van der Waals surface area contributed by atoms with Gasteiger partial charge in [-0.15, -0.1) is 11.3 Å². The summed E-state index contributed by atoms with van der Waals surface area (Å²) >= 11 is 1.69. The molecule has 0 bridgehead atoms. The number of rotatable bonds is 1. The molecule has 1 aromatic rings. The molecule has 2 heterocycles. The van der Waals surface area contributed by atoms with Gasteiger partial charge in [-0.1, -0.05) is 0 Å². The maximum atomic E-state index is 12.6. The van der Waals surface area contributed by atoms with Crippen LogP contribution in [0.3, 0.4) is 0 Å². The molecule has 1 aliphatic carbocycles. The summed E-state index contributed by atoms with van der Waals surface area (Å²) in [4.78, 5) is 16.8. The van der Waals surface area contributed by atoms with E-state index in [0.717, 1.165) is 30.6 Å². The molecular weight excluding hydrogens is 268 g/mol. The zero-order chi connectivity index (χ0) is 14.2. The lowest BCUT2D eigenvalue weighted by Gasteiger charge is -2.34. The van der Waals surface area contributed by atoms with Crippen molar-refractivity contribution in [3.63, 3.8) is 0 Å². The molecule has 1 saturated heterocycles. The molecule has 0 unspecified atom stereocenters. The molecule has 1 aliphatic heterocycles. The predicted molar refractivity (Wildman–Crippen MR) is 79.8 cm³/mol. The minimum Gasteiger partial charge on any atom is -0.338 e. The Hall–Kier alpha value is -1.34. The first-order valence-corrected chi connectivity index (χ1v) is 8.25. The van der Waals surface area contributed by atoms with Gasteiger partial charge in [-0.3, -0.25) is 4.79 Å². The van der Waals surface area contributed by atoms with E-state index in [1.165, 1.54) is 23.3 Å². The zero-order valence-electron chi connectivity index (χ0n) is 11.9. The topological polar surface area (TPSA) is 44.1 Å². The van der Waals surface area contributed by atoms with E-state index in [1.54, 1.807) is 11.3 Å². The molecule has 3 nitrogen and oxygen atoms in total. The summed E-state index contributed by atoms with van der Waals surface area (Å²) in [5, 5.41) is 9.15. The summed E-state index contributed by atoms with van der Waals surface area (Å²) in [6, 6.07) is 4.49. The highest BCUT2D eigenvalue weighted by Gasteiger charge is 2.32. The van der Waals surface area contributed by atoms with E-state index in [-0.39, 0.29) is 11.3 Å². The van der Waals surface area contributed by atoms with Crippen LogP contribution in [0.5, 0.6) is 0 Å². The number of nitrogens with zero attached hydrogens (tertiary/aromatic N) is 2. The highest BCUT2D eigenvalue weighted by atomic mass is 32.1. The number of hydrogen-bond donors (Lipinski definition) is 0. The summed E-state index contributed by atoms with van der Waals surface area (Å²) in [6.45, 7) is 3.43. The van der Waals surface area contributed by atoms with Crippen LogP contribution in [0.1, 0.15) is 52.7 Å². The Kier molecular flexibility index (Phi) is 3.55. The normalized spacial score (nSPS) is 21.1. The van der Waals surface area contributed by atoms with E-state index in [2.05, 4.69) is 12.1 Å². The maximum absolute atomic E-state index is 12.6. The van der Waals surface area contributed by atoms with E-state index in [0.29, 0.717) is 13.1 Å². The van der Waals surface area contributed by atoms with E-state index < -0.39 is 0 Å². The molecule has 20 heavy (non-hydrogen) atoms. The van der Waals surface area contributed by atoms with Crippen LogP contribution in [0, 0.1) is 16.7 Å². The smallest absolute Gasteiger partial charge is 0.263 e. The molecule has 3 rings (SSSR count). The van der Waals surface area contributed by atoms with Gasteiger partial charge in [-0.2, -0.15) is 5.26 Å². The van der Waals surface area contributed by atoms with Crippen LogP contribution in [0.25, 0.3) is 0 Å².